The Bertz CT molecular complexity index is 1070. The van der Waals surface area contributed by atoms with E-state index in [1.165, 1.54) is 36.0 Å². The molecule has 0 aromatic heterocycles. The summed E-state index contributed by atoms with van der Waals surface area (Å²) in [5, 5.41) is 2.45. The fourth-order valence-electron chi connectivity index (χ4n) is 2.95. The molecule has 9 heteroatoms. The van der Waals surface area contributed by atoms with Gasteiger partial charge in [-0.2, -0.15) is 13.2 Å². The molecule has 33 heavy (non-hydrogen) atoms. The van der Waals surface area contributed by atoms with Crippen LogP contribution in [-0.4, -0.2) is 31.1 Å². The average Bonchev–Trinajstić information content (AvgIpc) is 2.81. The highest BCUT2D eigenvalue weighted by atomic mass is 32.2. The van der Waals surface area contributed by atoms with Gasteiger partial charge in [-0.1, -0.05) is 30.3 Å². The number of hydrogen-bond acceptors (Lipinski definition) is 3. The molecule has 0 aliphatic carbocycles. The normalized spacial score (nSPS) is 11.2. The monoisotopic (exact) mass is 476 g/mol. The first-order valence-corrected chi connectivity index (χ1v) is 10.9. The molecule has 172 valence electrons. The number of thioether (sulfide) groups is 1. The maximum Gasteiger partial charge on any atom is 0.471 e. The maximum absolute atomic E-state index is 13.1. The van der Waals surface area contributed by atoms with Crippen molar-refractivity contribution in [2.24, 2.45) is 0 Å². The summed E-state index contributed by atoms with van der Waals surface area (Å²) in [5.74, 6) is -2.43. The van der Waals surface area contributed by atoms with Gasteiger partial charge in [0, 0.05) is 35.0 Å². The second kappa shape index (κ2) is 11.0. The van der Waals surface area contributed by atoms with Crippen LogP contribution >= 0.6 is 11.8 Å². The SMILES string of the molecule is O=C(NCCN(C(=O)C(F)(F)F)c1ccc(SCc2ccccc2)cc1)c1ccc(F)cc1. The Labute approximate surface area is 192 Å². The summed E-state index contributed by atoms with van der Waals surface area (Å²) < 4.78 is 52.4. The second-order valence-electron chi connectivity index (χ2n) is 6.99. The molecule has 1 N–H and O–H groups in total. The zero-order valence-corrected chi connectivity index (χ0v) is 18.1. The lowest BCUT2D eigenvalue weighted by molar-refractivity contribution is -0.170. The number of nitrogens with zero attached hydrogens (tertiary/aromatic N) is 1. The van der Waals surface area contributed by atoms with Gasteiger partial charge in [-0.05, 0) is 54.1 Å². The molecule has 3 rings (SSSR count). The lowest BCUT2D eigenvalue weighted by Crippen LogP contribution is -2.45. The number of benzene rings is 3. The number of hydrogen-bond donors (Lipinski definition) is 1. The highest BCUT2D eigenvalue weighted by molar-refractivity contribution is 7.98. The molecule has 4 nitrogen and oxygen atoms in total. The van der Waals surface area contributed by atoms with E-state index in [-0.39, 0.29) is 24.3 Å². The fourth-order valence-corrected chi connectivity index (χ4v) is 3.80. The fraction of sp³-hybridized carbons (Fsp3) is 0.167. The number of carbonyl (C=O) groups excluding carboxylic acids is 2. The van der Waals surface area contributed by atoms with E-state index < -0.39 is 23.8 Å². The van der Waals surface area contributed by atoms with E-state index in [1.54, 1.807) is 12.1 Å². The number of amides is 2. The number of nitrogens with one attached hydrogen (secondary N) is 1. The summed E-state index contributed by atoms with van der Waals surface area (Å²) in [7, 11) is 0. The molecule has 0 heterocycles. The van der Waals surface area contributed by atoms with Gasteiger partial charge in [-0.15, -0.1) is 11.8 Å². The Morgan fingerprint density at radius 1 is 0.879 bits per heavy atom. The topological polar surface area (TPSA) is 49.4 Å². The molecule has 3 aromatic rings. The first-order valence-electron chi connectivity index (χ1n) is 9.93. The van der Waals surface area contributed by atoms with Gasteiger partial charge in [-0.25, -0.2) is 4.39 Å². The van der Waals surface area contributed by atoms with E-state index in [0.717, 1.165) is 22.6 Å². The van der Waals surface area contributed by atoms with Crippen molar-refractivity contribution in [2.75, 3.05) is 18.0 Å². The van der Waals surface area contributed by atoms with Gasteiger partial charge in [0.1, 0.15) is 5.82 Å². The van der Waals surface area contributed by atoms with Gasteiger partial charge in [0.25, 0.3) is 5.91 Å². The largest absolute Gasteiger partial charge is 0.471 e. The Hall–Kier alpha value is -3.33. The van der Waals surface area contributed by atoms with E-state index in [2.05, 4.69) is 5.32 Å². The number of rotatable bonds is 8. The lowest BCUT2D eigenvalue weighted by Gasteiger charge is -2.24. The number of alkyl halides is 3. The molecule has 0 saturated carbocycles. The number of carbonyl (C=O) groups is 2. The molecule has 0 radical (unpaired) electrons. The molecular formula is C24H20F4N2O2S. The van der Waals surface area contributed by atoms with Crippen LogP contribution in [0.3, 0.4) is 0 Å². The van der Waals surface area contributed by atoms with Crippen molar-refractivity contribution in [3.05, 3.63) is 95.8 Å². The van der Waals surface area contributed by atoms with Gasteiger partial charge in [0.05, 0.1) is 0 Å². The molecule has 0 bridgehead atoms. The zero-order valence-electron chi connectivity index (χ0n) is 17.3. The van der Waals surface area contributed by atoms with Crippen molar-refractivity contribution in [1.82, 2.24) is 5.32 Å². The standard InChI is InChI=1S/C24H20F4N2O2S/c25-19-8-6-18(7-9-19)22(31)29-14-15-30(23(32)24(26,27)28)20-10-12-21(13-11-20)33-16-17-4-2-1-3-5-17/h1-13H,14-16H2,(H,29,31). The van der Waals surface area contributed by atoms with Crippen LogP contribution in [0.1, 0.15) is 15.9 Å². The number of anilines is 1. The van der Waals surface area contributed by atoms with Gasteiger partial charge in [-0.3, -0.25) is 9.59 Å². The van der Waals surface area contributed by atoms with Crippen molar-refractivity contribution in [3.8, 4) is 0 Å². The zero-order chi connectivity index (χ0) is 23.8. The summed E-state index contributed by atoms with van der Waals surface area (Å²) in [5.41, 5.74) is 1.33. The summed E-state index contributed by atoms with van der Waals surface area (Å²) in [6, 6.07) is 20.6. The van der Waals surface area contributed by atoms with E-state index >= 15 is 0 Å². The molecule has 3 aromatic carbocycles. The molecule has 0 spiro atoms. The van der Waals surface area contributed by atoms with Crippen molar-refractivity contribution in [2.45, 2.75) is 16.8 Å². The second-order valence-corrected chi connectivity index (χ2v) is 8.03. The summed E-state index contributed by atoms with van der Waals surface area (Å²) >= 11 is 1.52. The first-order chi connectivity index (χ1) is 15.7. The van der Waals surface area contributed by atoms with Crippen LogP contribution in [0.25, 0.3) is 0 Å². The lowest BCUT2D eigenvalue weighted by atomic mass is 10.2. The average molecular weight is 476 g/mol. The third kappa shape index (κ3) is 7.08. The van der Waals surface area contributed by atoms with E-state index in [9.17, 15) is 27.2 Å². The van der Waals surface area contributed by atoms with Crippen molar-refractivity contribution in [3.63, 3.8) is 0 Å². The molecular weight excluding hydrogens is 456 g/mol. The summed E-state index contributed by atoms with van der Waals surface area (Å²) in [6.45, 7) is -0.607. The van der Waals surface area contributed by atoms with E-state index in [0.29, 0.717) is 10.7 Å². The van der Waals surface area contributed by atoms with Crippen LogP contribution in [0, 0.1) is 5.82 Å². The highest BCUT2D eigenvalue weighted by Crippen LogP contribution is 2.28. The van der Waals surface area contributed by atoms with Crippen LogP contribution < -0.4 is 10.2 Å². The van der Waals surface area contributed by atoms with Crippen LogP contribution in [0.4, 0.5) is 23.2 Å². The van der Waals surface area contributed by atoms with Crippen molar-refractivity contribution < 1.29 is 27.2 Å². The first kappa shape index (κ1) is 24.3. The molecule has 2 amide bonds. The van der Waals surface area contributed by atoms with Crippen LogP contribution in [-0.2, 0) is 10.5 Å². The maximum atomic E-state index is 13.1. The molecule has 0 saturated heterocycles. The summed E-state index contributed by atoms with van der Waals surface area (Å²) in [6.07, 6.45) is -5.07. The quantitative estimate of drug-likeness (QED) is 0.348. The summed E-state index contributed by atoms with van der Waals surface area (Å²) in [4.78, 5) is 25.5. The highest BCUT2D eigenvalue weighted by Gasteiger charge is 2.42. The third-order valence-corrected chi connectivity index (χ3v) is 5.69. The van der Waals surface area contributed by atoms with Crippen LogP contribution in [0.5, 0.6) is 0 Å². The van der Waals surface area contributed by atoms with E-state index in [4.69, 9.17) is 0 Å². The van der Waals surface area contributed by atoms with E-state index in [1.807, 2.05) is 30.3 Å². The van der Waals surface area contributed by atoms with Crippen LogP contribution in [0.15, 0.2) is 83.8 Å². The van der Waals surface area contributed by atoms with Gasteiger partial charge in [0.2, 0.25) is 0 Å². The predicted molar refractivity (Wildman–Crippen MR) is 120 cm³/mol. The third-order valence-electron chi connectivity index (χ3n) is 4.61. The number of halogens is 4. The Morgan fingerprint density at radius 3 is 2.12 bits per heavy atom. The Morgan fingerprint density at radius 2 is 1.52 bits per heavy atom. The minimum Gasteiger partial charge on any atom is -0.350 e. The molecule has 0 atom stereocenters. The minimum absolute atomic E-state index is 0.0671. The van der Waals surface area contributed by atoms with Crippen molar-refractivity contribution in [1.29, 1.82) is 0 Å². The van der Waals surface area contributed by atoms with Gasteiger partial charge in [0.15, 0.2) is 0 Å². The Balaban J connectivity index is 1.65. The predicted octanol–water partition coefficient (Wildman–Crippen LogP) is 5.44. The molecule has 0 aliphatic heterocycles. The smallest absolute Gasteiger partial charge is 0.350 e. The molecule has 0 fully saturated rings. The minimum atomic E-state index is -5.07. The Kier molecular flexibility index (Phi) is 8.11. The van der Waals surface area contributed by atoms with Crippen molar-refractivity contribution >= 4 is 29.3 Å². The van der Waals surface area contributed by atoms with Crippen LogP contribution in [0.2, 0.25) is 0 Å². The molecule has 0 unspecified atom stereocenters. The van der Waals surface area contributed by atoms with Gasteiger partial charge < -0.3 is 10.2 Å². The van der Waals surface area contributed by atoms with Gasteiger partial charge >= 0.3 is 12.1 Å². The molecule has 0 aliphatic rings.